The van der Waals surface area contributed by atoms with E-state index in [4.69, 9.17) is 4.74 Å². The quantitative estimate of drug-likeness (QED) is 0.597. The van der Waals surface area contributed by atoms with Crippen molar-refractivity contribution in [2.45, 2.75) is 18.5 Å². The van der Waals surface area contributed by atoms with Crippen LogP contribution in [-0.4, -0.2) is 48.9 Å². The fraction of sp³-hybridized carbons (Fsp3) is 0.238. The zero-order chi connectivity index (χ0) is 21.7. The van der Waals surface area contributed by atoms with Gasteiger partial charge in [0, 0.05) is 12.7 Å². The lowest BCUT2D eigenvalue weighted by atomic mass is 10.0. The van der Waals surface area contributed by atoms with Crippen LogP contribution in [0.4, 0.5) is 10.5 Å². The minimum Gasteiger partial charge on any atom is -0.497 e. The highest BCUT2D eigenvalue weighted by Crippen LogP contribution is 2.24. The molecule has 0 spiro atoms. The average molecular weight is 410 g/mol. The molecule has 0 saturated carbocycles. The highest BCUT2D eigenvalue weighted by atomic mass is 16.5. The number of ether oxygens (including phenoxy) is 1. The van der Waals surface area contributed by atoms with Crippen LogP contribution in [0, 0.1) is 0 Å². The summed E-state index contributed by atoms with van der Waals surface area (Å²) >= 11 is 0. The molecule has 30 heavy (non-hydrogen) atoms. The van der Waals surface area contributed by atoms with E-state index < -0.39 is 35.8 Å². The molecule has 2 atom stereocenters. The van der Waals surface area contributed by atoms with Crippen LogP contribution in [0.2, 0.25) is 0 Å². The van der Waals surface area contributed by atoms with Crippen molar-refractivity contribution in [1.29, 1.82) is 0 Å². The summed E-state index contributed by atoms with van der Waals surface area (Å²) in [5.74, 6) is -0.796. The summed E-state index contributed by atoms with van der Waals surface area (Å²) < 4.78 is 5.11. The molecule has 5 amide bonds. The molecule has 1 aliphatic heterocycles. The number of carbonyl (C=O) groups is 4. The molecule has 2 unspecified atom stereocenters. The van der Waals surface area contributed by atoms with Crippen LogP contribution < -0.4 is 20.7 Å². The summed E-state index contributed by atoms with van der Waals surface area (Å²) in [7, 11) is 3.04. The largest absolute Gasteiger partial charge is 0.497 e. The van der Waals surface area contributed by atoms with Crippen LogP contribution in [-0.2, 0) is 14.4 Å². The molecule has 1 fully saturated rings. The molecule has 1 aliphatic rings. The van der Waals surface area contributed by atoms with Crippen LogP contribution in [0.15, 0.2) is 54.6 Å². The minimum absolute atomic E-state index is 0.257. The van der Waals surface area contributed by atoms with Gasteiger partial charge in [-0.1, -0.05) is 30.3 Å². The van der Waals surface area contributed by atoms with Gasteiger partial charge in [0.1, 0.15) is 17.8 Å². The van der Waals surface area contributed by atoms with Crippen molar-refractivity contribution < 1.29 is 23.9 Å². The molecule has 2 aromatic carbocycles. The summed E-state index contributed by atoms with van der Waals surface area (Å²) in [6.45, 7) is 0. The second kappa shape index (κ2) is 9.08. The topological polar surface area (TPSA) is 117 Å². The van der Waals surface area contributed by atoms with E-state index in [1.165, 1.54) is 11.9 Å². The lowest BCUT2D eigenvalue weighted by molar-refractivity contribution is -0.138. The predicted octanol–water partition coefficient (Wildman–Crippen LogP) is 1.43. The van der Waals surface area contributed by atoms with Gasteiger partial charge in [-0.25, -0.2) is 4.79 Å². The Bertz CT molecular complexity index is 946. The normalized spacial score (nSPS) is 16.3. The number of hydrogen-bond donors (Lipinski definition) is 3. The van der Waals surface area contributed by atoms with Gasteiger partial charge in [0.05, 0.1) is 13.5 Å². The number of nitrogens with one attached hydrogen (secondary N) is 3. The van der Waals surface area contributed by atoms with Crippen LogP contribution in [0.25, 0.3) is 0 Å². The molecule has 3 N–H and O–H groups in total. The van der Waals surface area contributed by atoms with Crippen LogP contribution >= 0.6 is 0 Å². The summed E-state index contributed by atoms with van der Waals surface area (Å²) in [6, 6.07) is 13.1. The van der Waals surface area contributed by atoms with Gasteiger partial charge >= 0.3 is 6.03 Å². The standard InChI is InChI=1S/C21H22N4O5/c1-25(17(26)12-16-19(27)24-21(29)23-16)18(13-6-4-3-5-7-13)20(28)22-14-8-10-15(30-2)11-9-14/h3-11,16,18H,12H2,1-2H3,(H,22,28)(H2,23,24,27,29). The molecule has 9 nitrogen and oxygen atoms in total. The molecule has 1 saturated heterocycles. The zero-order valence-corrected chi connectivity index (χ0v) is 16.5. The van der Waals surface area contributed by atoms with Crippen molar-refractivity contribution in [1.82, 2.24) is 15.5 Å². The SMILES string of the molecule is COc1ccc(NC(=O)C(c2ccccc2)N(C)C(=O)CC2NC(=O)NC2=O)cc1. The second-order valence-corrected chi connectivity index (χ2v) is 6.76. The van der Waals surface area contributed by atoms with E-state index in [9.17, 15) is 19.2 Å². The molecular formula is C21H22N4O5. The van der Waals surface area contributed by atoms with E-state index in [1.807, 2.05) is 6.07 Å². The summed E-state index contributed by atoms with van der Waals surface area (Å²) in [5.41, 5.74) is 1.16. The van der Waals surface area contributed by atoms with E-state index in [2.05, 4.69) is 16.0 Å². The first kappa shape index (κ1) is 20.8. The lowest BCUT2D eigenvalue weighted by Crippen LogP contribution is -2.42. The fourth-order valence-corrected chi connectivity index (χ4v) is 3.14. The molecule has 3 rings (SSSR count). The third kappa shape index (κ3) is 4.75. The molecule has 0 radical (unpaired) electrons. The van der Waals surface area contributed by atoms with Gasteiger partial charge in [0.25, 0.3) is 11.8 Å². The molecular weight excluding hydrogens is 388 g/mol. The van der Waals surface area contributed by atoms with E-state index in [1.54, 1.807) is 55.6 Å². The summed E-state index contributed by atoms with van der Waals surface area (Å²) in [4.78, 5) is 50.2. The second-order valence-electron chi connectivity index (χ2n) is 6.76. The highest BCUT2D eigenvalue weighted by Gasteiger charge is 2.35. The number of urea groups is 1. The number of nitrogens with zero attached hydrogens (tertiary/aromatic N) is 1. The zero-order valence-electron chi connectivity index (χ0n) is 16.5. The Kier molecular flexibility index (Phi) is 6.31. The number of benzene rings is 2. The monoisotopic (exact) mass is 410 g/mol. The number of imide groups is 1. The van der Waals surface area contributed by atoms with Gasteiger partial charge in [0.2, 0.25) is 5.91 Å². The van der Waals surface area contributed by atoms with Crippen LogP contribution in [0.5, 0.6) is 5.75 Å². The van der Waals surface area contributed by atoms with Crippen molar-refractivity contribution in [2.75, 3.05) is 19.5 Å². The molecule has 2 aromatic rings. The lowest BCUT2D eigenvalue weighted by Gasteiger charge is -2.28. The minimum atomic E-state index is -0.964. The molecule has 1 heterocycles. The van der Waals surface area contributed by atoms with Crippen LogP contribution in [0.3, 0.4) is 0 Å². The smallest absolute Gasteiger partial charge is 0.322 e. The van der Waals surface area contributed by atoms with E-state index >= 15 is 0 Å². The number of carbonyl (C=O) groups excluding carboxylic acids is 4. The van der Waals surface area contributed by atoms with Gasteiger partial charge in [-0.2, -0.15) is 0 Å². The van der Waals surface area contributed by atoms with E-state index in [0.29, 0.717) is 17.0 Å². The number of amides is 5. The summed E-state index contributed by atoms with van der Waals surface area (Å²) in [6.07, 6.45) is -0.257. The third-order valence-corrected chi connectivity index (χ3v) is 4.74. The first-order valence-corrected chi connectivity index (χ1v) is 9.26. The number of methoxy groups -OCH3 is 1. The Hall–Kier alpha value is -3.88. The Balaban J connectivity index is 1.79. The predicted molar refractivity (Wildman–Crippen MR) is 109 cm³/mol. The summed E-state index contributed by atoms with van der Waals surface area (Å²) in [5, 5.41) is 7.28. The van der Waals surface area contributed by atoms with Gasteiger partial charge < -0.3 is 20.3 Å². The molecule has 156 valence electrons. The van der Waals surface area contributed by atoms with Crippen molar-refractivity contribution in [3.05, 3.63) is 60.2 Å². The Morgan fingerprint density at radius 3 is 2.33 bits per heavy atom. The van der Waals surface area contributed by atoms with Crippen molar-refractivity contribution >= 4 is 29.4 Å². The van der Waals surface area contributed by atoms with Gasteiger partial charge in [-0.05, 0) is 29.8 Å². The maximum atomic E-state index is 13.1. The number of anilines is 1. The number of hydrogen-bond acceptors (Lipinski definition) is 5. The van der Waals surface area contributed by atoms with Crippen LogP contribution in [0.1, 0.15) is 18.0 Å². The molecule has 0 aromatic heterocycles. The first-order chi connectivity index (χ1) is 14.4. The Labute approximate surface area is 173 Å². The number of likely N-dealkylation sites (N-methyl/N-ethyl adjacent to an activating group) is 1. The van der Waals surface area contributed by atoms with Gasteiger partial charge in [-0.15, -0.1) is 0 Å². The Morgan fingerprint density at radius 1 is 1.10 bits per heavy atom. The third-order valence-electron chi connectivity index (χ3n) is 4.74. The first-order valence-electron chi connectivity index (χ1n) is 9.26. The Morgan fingerprint density at radius 2 is 1.77 bits per heavy atom. The fourth-order valence-electron chi connectivity index (χ4n) is 3.14. The maximum Gasteiger partial charge on any atom is 0.322 e. The number of rotatable bonds is 7. The average Bonchev–Trinajstić information content (AvgIpc) is 3.06. The highest BCUT2D eigenvalue weighted by molar-refractivity contribution is 6.06. The van der Waals surface area contributed by atoms with Crippen molar-refractivity contribution in [3.63, 3.8) is 0 Å². The van der Waals surface area contributed by atoms with Gasteiger partial charge in [-0.3, -0.25) is 19.7 Å². The maximum absolute atomic E-state index is 13.1. The van der Waals surface area contributed by atoms with Crippen molar-refractivity contribution in [2.24, 2.45) is 0 Å². The molecule has 0 bridgehead atoms. The molecule has 9 heteroatoms. The van der Waals surface area contributed by atoms with E-state index in [0.717, 1.165) is 0 Å². The van der Waals surface area contributed by atoms with E-state index in [-0.39, 0.29) is 6.42 Å². The molecule has 0 aliphatic carbocycles. The van der Waals surface area contributed by atoms with Crippen molar-refractivity contribution in [3.8, 4) is 5.75 Å². The van der Waals surface area contributed by atoms with Gasteiger partial charge in [0.15, 0.2) is 0 Å².